The lowest BCUT2D eigenvalue weighted by atomic mass is 9.93. The maximum Gasteiger partial charge on any atom is 0.407 e. The van der Waals surface area contributed by atoms with E-state index in [-0.39, 0.29) is 5.75 Å². The van der Waals surface area contributed by atoms with E-state index in [4.69, 9.17) is 4.98 Å². The van der Waals surface area contributed by atoms with Gasteiger partial charge in [-0.3, -0.25) is 0 Å². The standard InChI is InChI=1S/C25H30N4O4S2/c1-2-35(32,33)22-6-3-5-20(15-22)23-7-4-8-24(27-23)28-12-9-19(10-13-28)11-14-29(25(30)31)16-21-17-34-18-26-21/h3-8,15,17-19H,2,9-14,16H2,1H3,(H,30,31). The summed E-state index contributed by atoms with van der Waals surface area (Å²) < 4.78 is 24.5. The number of benzene rings is 1. The summed E-state index contributed by atoms with van der Waals surface area (Å²) in [5, 5.41) is 11.4. The monoisotopic (exact) mass is 514 g/mol. The van der Waals surface area contributed by atoms with Crippen molar-refractivity contribution in [2.75, 3.05) is 30.3 Å². The molecule has 3 heterocycles. The van der Waals surface area contributed by atoms with Crippen molar-refractivity contribution >= 4 is 33.1 Å². The molecule has 0 bridgehead atoms. The zero-order valence-electron chi connectivity index (χ0n) is 19.7. The third-order valence-corrected chi connectivity index (χ3v) is 8.82. The van der Waals surface area contributed by atoms with E-state index >= 15 is 0 Å². The molecule has 186 valence electrons. The van der Waals surface area contributed by atoms with Crippen molar-refractivity contribution in [1.82, 2.24) is 14.9 Å². The Bertz CT molecular complexity index is 1240. The molecule has 0 saturated carbocycles. The van der Waals surface area contributed by atoms with Crippen LogP contribution in [0.3, 0.4) is 0 Å². The van der Waals surface area contributed by atoms with E-state index in [1.54, 1.807) is 30.6 Å². The predicted octanol–water partition coefficient (Wildman–Crippen LogP) is 4.79. The van der Waals surface area contributed by atoms with Crippen LogP contribution in [0.15, 0.2) is 58.3 Å². The third-order valence-electron chi connectivity index (χ3n) is 6.46. The van der Waals surface area contributed by atoms with E-state index in [1.165, 1.54) is 16.2 Å². The van der Waals surface area contributed by atoms with Crippen LogP contribution >= 0.6 is 11.3 Å². The van der Waals surface area contributed by atoms with E-state index in [1.807, 2.05) is 29.6 Å². The Hall–Kier alpha value is -2.98. The lowest BCUT2D eigenvalue weighted by Gasteiger charge is -2.33. The number of anilines is 1. The lowest BCUT2D eigenvalue weighted by molar-refractivity contribution is 0.137. The van der Waals surface area contributed by atoms with Gasteiger partial charge in [-0.1, -0.05) is 25.1 Å². The highest BCUT2D eigenvalue weighted by Crippen LogP contribution is 2.28. The summed E-state index contributed by atoms with van der Waals surface area (Å²) in [7, 11) is -3.28. The third kappa shape index (κ3) is 6.37. The molecule has 35 heavy (non-hydrogen) atoms. The largest absolute Gasteiger partial charge is 0.465 e. The summed E-state index contributed by atoms with van der Waals surface area (Å²) >= 11 is 1.47. The average molecular weight is 515 g/mol. The minimum atomic E-state index is -3.28. The Kier molecular flexibility index (Phi) is 8.02. The first kappa shape index (κ1) is 25.1. The van der Waals surface area contributed by atoms with Crippen LogP contribution in [0.2, 0.25) is 0 Å². The summed E-state index contributed by atoms with van der Waals surface area (Å²) in [4.78, 5) is 24.7. The smallest absolute Gasteiger partial charge is 0.407 e. The van der Waals surface area contributed by atoms with Gasteiger partial charge in [-0.05, 0) is 49.4 Å². The molecule has 0 spiro atoms. The van der Waals surface area contributed by atoms with Gasteiger partial charge in [0, 0.05) is 30.6 Å². The molecule has 3 aromatic rings. The number of pyridine rings is 1. The van der Waals surface area contributed by atoms with Crippen LogP contribution in [0.5, 0.6) is 0 Å². The van der Waals surface area contributed by atoms with Crippen LogP contribution in [-0.4, -0.2) is 59.9 Å². The van der Waals surface area contributed by atoms with Crippen molar-refractivity contribution in [1.29, 1.82) is 0 Å². The van der Waals surface area contributed by atoms with Crippen LogP contribution in [0.25, 0.3) is 11.3 Å². The van der Waals surface area contributed by atoms with Gasteiger partial charge in [-0.25, -0.2) is 23.2 Å². The molecule has 4 rings (SSSR count). The number of nitrogens with zero attached hydrogens (tertiary/aromatic N) is 4. The Labute approximate surface area is 210 Å². The first-order valence-corrected chi connectivity index (χ1v) is 14.4. The van der Waals surface area contributed by atoms with E-state index in [0.29, 0.717) is 23.9 Å². The summed E-state index contributed by atoms with van der Waals surface area (Å²) in [6, 6.07) is 12.8. The van der Waals surface area contributed by atoms with Crippen LogP contribution in [0.4, 0.5) is 10.6 Å². The highest BCUT2D eigenvalue weighted by Gasteiger charge is 2.23. The molecule has 0 atom stereocenters. The zero-order valence-corrected chi connectivity index (χ0v) is 21.3. The number of hydrogen-bond donors (Lipinski definition) is 1. The fourth-order valence-electron chi connectivity index (χ4n) is 4.32. The van der Waals surface area contributed by atoms with Crippen molar-refractivity contribution in [3.8, 4) is 11.3 Å². The van der Waals surface area contributed by atoms with Crippen LogP contribution in [0, 0.1) is 5.92 Å². The Morgan fingerprint density at radius 3 is 2.66 bits per heavy atom. The van der Waals surface area contributed by atoms with Gasteiger partial charge in [-0.2, -0.15) is 0 Å². The van der Waals surface area contributed by atoms with Gasteiger partial charge < -0.3 is 14.9 Å². The molecule has 8 nitrogen and oxygen atoms in total. The lowest BCUT2D eigenvalue weighted by Crippen LogP contribution is -2.36. The van der Waals surface area contributed by atoms with E-state index in [0.717, 1.165) is 55.1 Å². The van der Waals surface area contributed by atoms with Crippen molar-refractivity contribution in [2.45, 2.75) is 37.6 Å². The van der Waals surface area contributed by atoms with Gasteiger partial charge in [-0.15, -0.1) is 11.3 Å². The molecule has 1 aliphatic rings. The quantitative estimate of drug-likeness (QED) is 0.438. The topological polar surface area (TPSA) is 104 Å². The summed E-state index contributed by atoms with van der Waals surface area (Å²) in [5.41, 5.74) is 4.04. The van der Waals surface area contributed by atoms with E-state index < -0.39 is 15.9 Å². The number of carbonyl (C=O) groups is 1. The first-order valence-electron chi connectivity index (χ1n) is 11.8. The molecule has 1 aliphatic heterocycles. The minimum Gasteiger partial charge on any atom is -0.465 e. The van der Waals surface area contributed by atoms with E-state index in [2.05, 4.69) is 9.88 Å². The predicted molar refractivity (Wildman–Crippen MR) is 138 cm³/mol. The molecule has 0 unspecified atom stereocenters. The average Bonchev–Trinajstić information content (AvgIpc) is 3.40. The number of sulfone groups is 1. The van der Waals surface area contributed by atoms with Crippen molar-refractivity contribution in [3.05, 3.63) is 59.0 Å². The van der Waals surface area contributed by atoms with Gasteiger partial charge in [0.2, 0.25) is 0 Å². The number of thiazole rings is 1. The Balaban J connectivity index is 1.36. The van der Waals surface area contributed by atoms with E-state index in [9.17, 15) is 18.3 Å². The summed E-state index contributed by atoms with van der Waals surface area (Å²) in [5.74, 6) is 1.40. The first-order chi connectivity index (χ1) is 16.9. The molecular weight excluding hydrogens is 484 g/mol. The number of amides is 1. The maximum absolute atomic E-state index is 12.3. The highest BCUT2D eigenvalue weighted by molar-refractivity contribution is 7.91. The molecule has 10 heteroatoms. The van der Waals surface area contributed by atoms with Crippen LogP contribution in [0.1, 0.15) is 31.9 Å². The fraction of sp³-hybridized carbons (Fsp3) is 0.400. The molecule has 1 amide bonds. The van der Waals surface area contributed by atoms with Crippen molar-refractivity contribution in [2.24, 2.45) is 5.92 Å². The highest BCUT2D eigenvalue weighted by atomic mass is 32.2. The second kappa shape index (κ2) is 11.2. The fourth-order valence-corrected chi connectivity index (χ4v) is 5.79. The number of aromatic nitrogens is 2. The maximum atomic E-state index is 12.3. The van der Waals surface area contributed by atoms with Gasteiger partial charge in [0.25, 0.3) is 0 Å². The summed E-state index contributed by atoms with van der Waals surface area (Å²) in [6.45, 7) is 4.18. The molecule has 2 aromatic heterocycles. The minimum absolute atomic E-state index is 0.0635. The molecule has 1 aromatic carbocycles. The van der Waals surface area contributed by atoms with Crippen LogP contribution < -0.4 is 4.90 Å². The van der Waals surface area contributed by atoms with Gasteiger partial charge >= 0.3 is 6.09 Å². The Morgan fingerprint density at radius 1 is 1.20 bits per heavy atom. The number of piperidine rings is 1. The van der Waals surface area contributed by atoms with Crippen LogP contribution in [-0.2, 0) is 16.4 Å². The second-order valence-corrected chi connectivity index (χ2v) is 11.7. The molecule has 1 saturated heterocycles. The molecular formula is C25H30N4O4S2. The molecule has 0 aliphatic carbocycles. The second-order valence-electron chi connectivity index (χ2n) is 8.72. The number of rotatable bonds is 9. The molecule has 0 radical (unpaired) electrons. The normalized spacial score (nSPS) is 14.7. The van der Waals surface area contributed by atoms with Gasteiger partial charge in [0.15, 0.2) is 9.84 Å². The van der Waals surface area contributed by atoms with Gasteiger partial charge in [0.05, 0.1) is 34.1 Å². The zero-order chi connectivity index (χ0) is 24.8. The SMILES string of the molecule is CCS(=O)(=O)c1cccc(-c2cccc(N3CCC(CCN(Cc4cscn4)C(=O)O)CC3)n2)c1. The molecule has 1 N–H and O–H groups in total. The summed E-state index contributed by atoms with van der Waals surface area (Å²) in [6.07, 6.45) is 1.86. The number of carboxylic acid groups (broad SMARTS) is 1. The van der Waals surface area contributed by atoms with Crippen molar-refractivity contribution < 1.29 is 18.3 Å². The van der Waals surface area contributed by atoms with Crippen molar-refractivity contribution in [3.63, 3.8) is 0 Å². The van der Waals surface area contributed by atoms with Gasteiger partial charge in [0.1, 0.15) is 5.82 Å². The molecule has 1 fully saturated rings. The number of hydrogen-bond acceptors (Lipinski definition) is 7. The Morgan fingerprint density at radius 2 is 1.97 bits per heavy atom.